The first-order valence-corrected chi connectivity index (χ1v) is 10.1. The molecule has 0 bridgehead atoms. The number of ether oxygens (including phenoxy) is 1. The molecule has 1 unspecified atom stereocenters. The predicted molar refractivity (Wildman–Crippen MR) is 96.0 cm³/mol. The summed E-state index contributed by atoms with van der Waals surface area (Å²) in [5, 5.41) is 9.63. The number of hydrogen-bond acceptors (Lipinski definition) is 6. The number of aromatic nitrogens is 2. The highest BCUT2D eigenvalue weighted by Gasteiger charge is 2.30. The van der Waals surface area contributed by atoms with Crippen LogP contribution in [0.15, 0.2) is 36.7 Å². The minimum absolute atomic E-state index is 0.0913. The molecule has 1 aromatic carbocycles. The highest BCUT2D eigenvalue weighted by molar-refractivity contribution is 7.88. The zero-order valence-electron chi connectivity index (χ0n) is 13.9. The van der Waals surface area contributed by atoms with E-state index in [1.165, 1.54) is 16.7 Å². The van der Waals surface area contributed by atoms with Crippen LogP contribution in [0.5, 0.6) is 5.88 Å². The van der Waals surface area contributed by atoms with Gasteiger partial charge in [0.1, 0.15) is 12.2 Å². The molecule has 136 valence electrons. The smallest absolute Gasteiger partial charge is 0.251 e. The number of benzene rings is 1. The zero-order chi connectivity index (χ0) is 18.6. The zero-order valence-corrected chi connectivity index (χ0v) is 15.4. The molecule has 3 rings (SSSR count). The summed E-state index contributed by atoms with van der Waals surface area (Å²) in [5.74, 6) is 0.0443. The molecule has 9 heteroatoms. The topological polar surface area (TPSA) is 96.2 Å². The molecule has 2 aromatic rings. The van der Waals surface area contributed by atoms with Crippen LogP contribution < -0.4 is 4.74 Å². The molecule has 1 atom stereocenters. The number of sulfonamides is 1. The number of piperidine rings is 1. The van der Waals surface area contributed by atoms with Crippen molar-refractivity contribution >= 4 is 21.6 Å². The summed E-state index contributed by atoms with van der Waals surface area (Å²) < 4.78 is 32.6. The monoisotopic (exact) mass is 392 g/mol. The van der Waals surface area contributed by atoms with Crippen molar-refractivity contribution in [2.75, 3.05) is 13.1 Å². The second kappa shape index (κ2) is 7.99. The Morgan fingerprint density at radius 1 is 1.27 bits per heavy atom. The van der Waals surface area contributed by atoms with Crippen LogP contribution in [0.3, 0.4) is 0 Å². The fraction of sp³-hybridized carbons (Fsp3) is 0.353. The Labute approximate surface area is 157 Å². The fourth-order valence-electron chi connectivity index (χ4n) is 2.78. The Kier molecular flexibility index (Phi) is 5.71. The summed E-state index contributed by atoms with van der Waals surface area (Å²) in [7, 11) is -3.48. The first-order valence-electron chi connectivity index (χ1n) is 8.08. The van der Waals surface area contributed by atoms with Crippen LogP contribution in [0.25, 0.3) is 0 Å². The lowest BCUT2D eigenvalue weighted by Crippen LogP contribution is -2.44. The molecule has 0 amide bonds. The molecule has 1 fully saturated rings. The molecular formula is C17H17ClN4O3S. The summed E-state index contributed by atoms with van der Waals surface area (Å²) in [6.45, 7) is 0.665. The van der Waals surface area contributed by atoms with Gasteiger partial charge in [0.25, 0.3) is 5.88 Å². The molecule has 0 radical (unpaired) electrons. The van der Waals surface area contributed by atoms with E-state index in [0.717, 1.165) is 0 Å². The second-order valence-corrected chi connectivity index (χ2v) is 8.35. The van der Waals surface area contributed by atoms with Crippen molar-refractivity contribution in [1.29, 1.82) is 5.26 Å². The van der Waals surface area contributed by atoms with Crippen LogP contribution in [-0.2, 0) is 15.8 Å². The summed E-state index contributed by atoms with van der Waals surface area (Å²) >= 11 is 5.84. The average molecular weight is 393 g/mol. The molecular weight excluding hydrogens is 376 g/mol. The van der Waals surface area contributed by atoms with Gasteiger partial charge in [0.05, 0.1) is 12.3 Å². The van der Waals surface area contributed by atoms with E-state index in [9.17, 15) is 8.42 Å². The highest BCUT2D eigenvalue weighted by Crippen LogP contribution is 2.22. The lowest BCUT2D eigenvalue weighted by atomic mass is 10.1. The minimum Gasteiger partial charge on any atom is -0.471 e. The van der Waals surface area contributed by atoms with Crippen molar-refractivity contribution < 1.29 is 13.2 Å². The maximum Gasteiger partial charge on any atom is 0.251 e. The standard InChI is InChI=1S/C17H17ClN4O3S/c18-14-5-3-13(4-6-14)12-26(23,24)22-9-1-2-15(11-22)25-17-16(10-19)20-7-8-21-17/h3-8,15H,1-2,9,11-12H2. The van der Waals surface area contributed by atoms with Crippen LogP contribution in [0, 0.1) is 11.3 Å². The van der Waals surface area contributed by atoms with Crippen molar-refractivity contribution in [1.82, 2.24) is 14.3 Å². The maximum absolute atomic E-state index is 12.7. The average Bonchev–Trinajstić information content (AvgIpc) is 2.64. The number of hydrogen-bond donors (Lipinski definition) is 0. The summed E-state index contributed by atoms with van der Waals surface area (Å²) in [6, 6.07) is 8.68. The van der Waals surface area contributed by atoms with Gasteiger partial charge in [-0.1, -0.05) is 23.7 Å². The van der Waals surface area contributed by atoms with Gasteiger partial charge in [0.15, 0.2) is 0 Å². The van der Waals surface area contributed by atoms with Crippen LogP contribution in [0.4, 0.5) is 0 Å². The quantitative estimate of drug-likeness (QED) is 0.775. The van der Waals surface area contributed by atoms with Crippen molar-refractivity contribution in [3.05, 3.63) is 52.9 Å². The van der Waals surface area contributed by atoms with Crippen LogP contribution >= 0.6 is 11.6 Å². The minimum atomic E-state index is -3.48. The van der Waals surface area contributed by atoms with E-state index in [2.05, 4.69) is 9.97 Å². The maximum atomic E-state index is 12.7. The van der Waals surface area contributed by atoms with Gasteiger partial charge in [0.2, 0.25) is 15.7 Å². The van der Waals surface area contributed by atoms with Gasteiger partial charge in [-0.05, 0) is 30.5 Å². The van der Waals surface area contributed by atoms with Gasteiger partial charge >= 0.3 is 0 Å². The Morgan fingerprint density at radius 3 is 2.73 bits per heavy atom. The third-order valence-electron chi connectivity index (χ3n) is 4.05. The van der Waals surface area contributed by atoms with Gasteiger partial charge in [0, 0.05) is 24.0 Å². The summed E-state index contributed by atoms with van der Waals surface area (Å²) in [4.78, 5) is 7.92. The van der Waals surface area contributed by atoms with E-state index in [-0.39, 0.29) is 30.0 Å². The second-order valence-electron chi connectivity index (χ2n) is 5.94. The molecule has 0 aliphatic carbocycles. The molecule has 1 aromatic heterocycles. The van der Waals surface area contributed by atoms with Gasteiger partial charge in [-0.25, -0.2) is 18.4 Å². The van der Waals surface area contributed by atoms with Crippen LogP contribution in [0.1, 0.15) is 24.1 Å². The Hall–Kier alpha value is -2.21. The Balaban J connectivity index is 1.69. The van der Waals surface area contributed by atoms with Gasteiger partial charge in [-0.15, -0.1) is 0 Å². The molecule has 2 heterocycles. The lowest BCUT2D eigenvalue weighted by molar-refractivity contribution is 0.123. The van der Waals surface area contributed by atoms with Crippen LogP contribution in [-0.4, -0.2) is 41.9 Å². The third kappa shape index (κ3) is 4.49. The fourth-order valence-corrected chi connectivity index (χ4v) is 4.51. The number of halogens is 1. The van der Waals surface area contributed by atoms with Crippen molar-refractivity contribution in [2.24, 2.45) is 0 Å². The molecule has 0 N–H and O–H groups in total. The number of rotatable bonds is 5. The molecule has 1 aliphatic rings. The first-order chi connectivity index (χ1) is 12.5. The van der Waals surface area contributed by atoms with Gasteiger partial charge < -0.3 is 4.74 Å². The van der Waals surface area contributed by atoms with E-state index in [4.69, 9.17) is 21.6 Å². The van der Waals surface area contributed by atoms with Crippen LogP contribution in [0.2, 0.25) is 5.02 Å². The van der Waals surface area contributed by atoms with Crippen molar-refractivity contribution in [3.8, 4) is 11.9 Å². The molecule has 1 aliphatic heterocycles. The van der Waals surface area contributed by atoms with E-state index in [1.54, 1.807) is 24.3 Å². The van der Waals surface area contributed by atoms with Crippen molar-refractivity contribution in [2.45, 2.75) is 24.7 Å². The van der Waals surface area contributed by atoms with E-state index < -0.39 is 10.0 Å². The Morgan fingerprint density at radius 2 is 2.00 bits per heavy atom. The van der Waals surface area contributed by atoms with Gasteiger partial charge in [-0.3, -0.25) is 0 Å². The van der Waals surface area contributed by atoms with E-state index in [0.29, 0.717) is 30.0 Å². The van der Waals surface area contributed by atoms with Gasteiger partial charge in [-0.2, -0.15) is 9.57 Å². The highest BCUT2D eigenvalue weighted by atomic mass is 35.5. The molecule has 7 nitrogen and oxygen atoms in total. The number of nitriles is 1. The predicted octanol–water partition coefficient (Wildman–Crippen LogP) is 2.37. The van der Waals surface area contributed by atoms with Crippen molar-refractivity contribution in [3.63, 3.8) is 0 Å². The molecule has 1 saturated heterocycles. The largest absolute Gasteiger partial charge is 0.471 e. The molecule has 26 heavy (non-hydrogen) atoms. The summed E-state index contributed by atoms with van der Waals surface area (Å²) in [5.41, 5.74) is 0.770. The SMILES string of the molecule is N#Cc1nccnc1OC1CCCN(S(=O)(=O)Cc2ccc(Cl)cc2)C1. The number of nitrogens with zero attached hydrogens (tertiary/aromatic N) is 4. The van der Waals surface area contributed by atoms with E-state index >= 15 is 0 Å². The molecule has 0 spiro atoms. The molecule has 0 saturated carbocycles. The third-order valence-corrected chi connectivity index (χ3v) is 6.11. The normalized spacial score (nSPS) is 18.2. The first kappa shape index (κ1) is 18.6. The lowest BCUT2D eigenvalue weighted by Gasteiger charge is -2.31. The Bertz CT molecular complexity index is 912. The van der Waals surface area contributed by atoms with E-state index in [1.807, 2.05) is 6.07 Å². The summed E-state index contributed by atoms with van der Waals surface area (Å²) in [6.07, 6.45) is 3.84.